The summed E-state index contributed by atoms with van der Waals surface area (Å²) in [7, 11) is 0. The third kappa shape index (κ3) is 2.77. The molecule has 1 heterocycles. The van der Waals surface area contributed by atoms with Crippen molar-refractivity contribution in [3.8, 4) is 5.69 Å². The van der Waals surface area contributed by atoms with Gasteiger partial charge in [-0.1, -0.05) is 23.4 Å². The van der Waals surface area contributed by atoms with E-state index in [1.54, 1.807) is 0 Å². The number of nitrogens with zero attached hydrogens (tertiary/aromatic N) is 4. The molecule has 6 nitrogen and oxygen atoms in total. The number of carbonyl (C=O) groups is 1. The topological polar surface area (TPSA) is 80.9 Å². The Bertz CT molecular complexity index is 592. The van der Waals surface area contributed by atoms with Crippen molar-refractivity contribution in [2.45, 2.75) is 5.16 Å². The molecule has 18 heavy (non-hydrogen) atoms. The van der Waals surface area contributed by atoms with Gasteiger partial charge in [-0.25, -0.2) is 4.39 Å². The van der Waals surface area contributed by atoms with E-state index >= 15 is 0 Å². The Morgan fingerprint density at radius 2 is 2.33 bits per heavy atom. The van der Waals surface area contributed by atoms with E-state index in [1.807, 2.05) is 0 Å². The Hall–Kier alpha value is -1.67. The standard InChI is InChI=1S/C9H6ClFN4O2S/c10-6-2-1-5(3-7(6)11)15-9(12-13-14-15)18-4-8(16)17/h1-3H,4H2,(H,16,17). The van der Waals surface area contributed by atoms with Crippen LogP contribution in [0.4, 0.5) is 4.39 Å². The van der Waals surface area contributed by atoms with E-state index in [0.717, 1.165) is 11.8 Å². The third-order valence-corrected chi connectivity index (χ3v) is 3.12. The Morgan fingerprint density at radius 3 is 3.00 bits per heavy atom. The van der Waals surface area contributed by atoms with Gasteiger partial charge in [-0.05, 0) is 22.6 Å². The van der Waals surface area contributed by atoms with Gasteiger partial charge in [0.15, 0.2) is 0 Å². The summed E-state index contributed by atoms with van der Waals surface area (Å²) >= 11 is 6.50. The molecule has 0 saturated heterocycles. The van der Waals surface area contributed by atoms with Crippen LogP contribution in [0.15, 0.2) is 23.4 Å². The van der Waals surface area contributed by atoms with Crippen molar-refractivity contribution >= 4 is 29.3 Å². The van der Waals surface area contributed by atoms with Crippen molar-refractivity contribution in [3.05, 3.63) is 29.0 Å². The monoisotopic (exact) mass is 288 g/mol. The second kappa shape index (κ2) is 5.32. The Kier molecular flexibility index (Phi) is 3.78. The molecule has 0 bridgehead atoms. The summed E-state index contributed by atoms with van der Waals surface area (Å²) in [6, 6.07) is 4.08. The molecule has 0 spiro atoms. The van der Waals surface area contributed by atoms with Gasteiger partial charge in [-0.15, -0.1) is 5.10 Å². The maximum atomic E-state index is 13.3. The van der Waals surface area contributed by atoms with Gasteiger partial charge in [0.05, 0.1) is 16.5 Å². The highest BCUT2D eigenvalue weighted by Gasteiger charge is 2.12. The van der Waals surface area contributed by atoms with E-state index in [9.17, 15) is 9.18 Å². The molecule has 2 rings (SSSR count). The molecule has 2 aromatic rings. The van der Waals surface area contributed by atoms with E-state index in [2.05, 4.69) is 15.5 Å². The van der Waals surface area contributed by atoms with Crippen LogP contribution in [-0.2, 0) is 4.79 Å². The van der Waals surface area contributed by atoms with Gasteiger partial charge in [-0.3, -0.25) is 4.79 Å². The number of carboxylic acids is 1. The second-order valence-electron chi connectivity index (χ2n) is 3.15. The Labute approximate surface area is 110 Å². The molecule has 0 aliphatic carbocycles. The first-order valence-corrected chi connectivity index (χ1v) is 6.02. The van der Waals surface area contributed by atoms with Gasteiger partial charge in [-0.2, -0.15) is 4.68 Å². The maximum Gasteiger partial charge on any atom is 0.313 e. The number of hydrogen-bond acceptors (Lipinski definition) is 5. The number of benzene rings is 1. The zero-order valence-corrected chi connectivity index (χ0v) is 10.3. The molecule has 94 valence electrons. The van der Waals surface area contributed by atoms with E-state index in [-0.39, 0.29) is 15.9 Å². The lowest BCUT2D eigenvalue weighted by Gasteiger charge is -2.03. The summed E-state index contributed by atoms with van der Waals surface area (Å²) in [6.45, 7) is 0. The van der Waals surface area contributed by atoms with Crippen molar-refractivity contribution in [2.24, 2.45) is 0 Å². The zero-order chi connectivity index (χ0) is 13.1. The van der Waals surface area contributed by atoms with E-state index in [0.29, 0.717) is 5.69 Å². The number of halogens is 2. The van der Waals surface area contributed by atoms with E-state index in [4.69, 9.17) is 16.7 Å². The van der Waals surface area contributed by atoms with Gasteiger partial charge in [0, 0.05) is 6.07 Å². The molecule has 0 unspecified atom stereocenters. The Balaban J connectivity index is 2.30. The minimum Gasteiger partial charge on any atom is -0.481 e. The fraction of sp³-hybridized carbons (Fsp3) is 0.111. The van der Waals surface area contributed by atoms with Crippen LogP contribution in [0.25, 0.3) is 5.69 Å². The molecular formula is C9H6ClFN4O2S. The van der Waals surface area contributed by atoms with Crippen LogP contribution >= 0.6 is 23.4 Å². The fourth-order valence-corrected chi connectivity index (χ4v) is 1.90. The number of thioether (sulfide) groups is 1. The molecule has 9 heteroatoms. The molecular weight excluding hydrogens is 283 g/mol. The van der Waals surface area contributed by atoms with E-state index in [1.165, 1.54) is 22.9 Å². The number of tetrazole rings is 1. The smallest absolute Gasteiger partial charge is 0.313 e. The number of rotatable bonds is 4. The molecule has 0 aliphatic heterocycles. The minimum absolute atomic E-state index is 0.00781. The normalized spacial score (nSPS) is 10.6. The van der Waals surface area contributed by atoms with Crippen LogP contribution in [0.1, 0.15) is 0 Å². The number of hydrogen-bond donors (Lipinski definition) is 1. The highest BCUT2D eigenvalue weighted by atomic mass is 35.5. The predicted molar refractivity (Wildman–Crippen MR) is 62.5 cm³/mol. The van der Waals surface area contributed by atoms with Gasteiger partial charge >= 0.3 is 5.97 Å². The maximum absolute atomic E-state index is 13.3. The molecule has 0 aliphatic rings. The molecule has 0 radical (unpaired) electrons. The summed E-state index contributed by atoms with van der Waals surface area (Å²) < 4.78 is 14.5. The van der Waals surface area contributed by atoms with Crippen molar-refractivity contribution in [2.75, 3.05) is 5.75 Å². The van der Waals surface area contributed by atoms with Crippen molar-refractivity contribution in [1.29, 1.82) is 0 Å². The molecule has 1 N–H and O–H groups in total. The van der Waals surface area contributed by atoms with E-state index < -0.39 is 11.8 Å². The lowest BCUT2D eigenvalue weighted by atomic mass is 10.3. The molecule has 0 fully saturated rings. The third-order valence-electron chi connectivity index (χ3n) is 1.91. The second-order valence-corrected chi connectivity index (χ2v) is 4.50. The first-order chi connectivity index (χ1) is 8.58. The van der Waals surface area contributed by atoms with Gasteiger partial charge in [0.1, 0.15) is 5.82 Å². The minimum atomic E-state index is -0.989. The van der Waals surface area contributed by atoms with Crippen molar-refractivity contribution in [1.82, 2.24) is 20.2 Å². The summed E-state index contributed by atoms with van der Waals surface area (Å²) in [6.07, 6.45) is 0. The van der Waals surface area contributed by atoms with Crippen LogP contribution < -0.4 is 0 Å². The molecule has 0 atom stereocenters. The molecule has 0 saturated carbocycles. The summed E-state index contributed by atoms with van der Waals surface area (Å²) in [5.41, 5.74) is 0.370. The van der Waals surface area contributed by atoms with Gasteiger partial charge < -0.3 is 5.11 Å². The van der Waals surface area contributed by atoms with Crippen LogP contribution in [0.3, 0.4) is 0 Å². The number of aromatic nitrogens is 4. The molecule has 1 aromatic carbocycles. The summed E-state index contributed by atoms with van der Waals surface area (Å²) in [4.78, 5) is 10.5. The van der Waals surface area contributed by atoms with Crippen LogP contribution in [0.2, 0.25) is 5.02 Å². The zero-order valence-electron chi connectivity index (χ0n) is 8.75. The fourth-order valence-electron chi connectivity index (χ4n) is 1.17. The lowest BCUT2D eigenvalue weighted by molar-refractivity contribution is -0.133. The van der Waals surface area contributed by atoms with Gasteiger partial charge in [0.25, 0.3) is 0 Å². The molecule has 1 aromatic heterocycles. The summed E-state index contributed by atoms with van der Waals surface area (Å²) in [5.74, 6) is -1.77. The summed E-state index contributed by atoms with van der Waals surface area (Å²) in [5, 5.41) is 19.6. The highest BCUT2D eigenvalue weighted by molar-refractivity contribution is 7.99. The first-order valence-electron chi connectivity index (χ1n) is 4.66. The highest BCUT2D eigenvalue weighted by Crippen LogP contribution is 2.21. The van der Waals surface area contributed by atoms with Crippen LogP contribution in [-0.4, -0.2) is 37.0 Å². The van der Waals surface area contributed by atoms with Crippen molar-refractivity contribution in [3.63, 3.8) is 0 Å². The van der Waals surface area contributed by atoms with Crippen LogP contribution in [0.5, 0.6) is 0 Å². The van der Waals surface area contributed by atoms with Gasteiger partial charge in [0.2, 0.25) is 5.16 Å². The number of carboxylic acid groups (broad SMARTS) is 1. The van der Waals surface area contributed by atoms with Crippen LogP contribution in [0, 0.1) is 5.82 Å². The predicted octanol–water partition coefficient (Wildman–Crippen LogP) is 1.63. The average Bonchev–Trinajstić information content (AvgIpc) is 2.78. The average molecular weight is 289 g/mol. The molecule has 0 amide bonds. The largest absolute Gasteiger partial charge is 0.481 e. The quantitative estimate of drug-likeness (QED) is 0.861. The SMILES string of the molecule is O=C(O)CSc1nnnn1-c1ccc(Cl)c(F)c1. The number of aliphatic carboxylic acids is 1. The first kappa shape index (κ1) is 12.8. The lowest BCUT2D eigenvalue weighted by Crippen LogP contribution is -2.03. The van der Waals surface area contributed by atoms with Crippen molar-refractivity contribution < 1.29 is 14.3 Å². The Morgan fingerprint density at radius 1 is 1.56 bits per heavy atom.